The highest BCUT2D eigenvalue weighted by Gasteiger charge is 2.18. The molecule has 0 fully saturated rings. The zero-order valence-electron chi connectivity index (χ0n) is 13.7. The lowest BCUT2D eigenvalue weighted by atomic mass is 10.2. The molecular formula is C17H13F3N4O2S. The molecule has 27 heavy (non-hydrogen) atoms. The molecule has 0 saturated carbocycles. The summed E-state index contributed by atoms with van der Waals surface area (Å²) in [6.45, 7) is -0.354. The molecule has 0 aliphatic carbocycles. The number of halogens is 3. The second-order valence-corrected chi connectivity index (χ2v) is 6.29. The van der Waals surface area contributed by atoms with E-state index >= 15 is 0 Å². The van der Waals surface area contributed by atoms with Crippen molar-refractivity contribution in [2.45, 2.75) is 17.5 Å². The second-order valence-electron chi connectivity index (χ2n) is 5.33. The van der Waals surface area contributed by atoms with Gasteiger partial charge in [-0.3, -0.25) is 20.4 Å². The van der Waals surface area contributed by atoms with Gasteiger partial charge in [-0.2, -0.15) is 8.78 Å². The number of aromatic nitrogens is 2. The van der Waals surface area contributed by atoms with E-state index in [1.807, 2.05) is 0 Å². The predicted molar refractivity (Wildman–Crippen MR) is 93.6 cm³/mol. The molecule has 2 aromatic carbocycles. The van der Waals surface area contributed by atoms with Crippen molar-refractivity contribution in [3.8, 4) is 0 Å². The number of imidazole rings is 1. The SMILES string of the molecule is O=C(Cn1c(SC(F)F)nc2ccccc21)NNC(=O)c1ccccc1F. The van der Waals surface area contributed by atoms with E-state index in [2.05, 4.69) is 15.8 Å². The van der Waals surface area contributed by atoms with E-state index < -0.39 is 23.4 Å². The molecule has 0 atom stereocenters. The average molecular weight is 394 g/mol. The quantitative estimate of drug-likeness (QED) is 0.515. The molecule has 0 saturated heterocycles. The minimum absolute atomic E-state index is 0.0261. The number of nitrogens with zero attached hydrogens (tertiary/aromatic N) is 2. The number of fused-ring (bicyclic) bond motifs is 1. The maximum absolute atomic E-state index is 13.6. The monoisotopic (exact) mass is 394 g/mol. The Morgan fingerprint density at radius 1 is 1.07 bits per heavy atom. The van der Waals surface area contributed by atoms with Gasteiger partial charge in [0.2, 0.25) is 0 Å². The van der Waals surface area contributed by atoms with E-state index in [9.17, 15) is 22.8 Å². The fourth-order valence-electron chi connectivity index (χ4n) is 2.40. The summed E-state index contributed by atoms with van der Waals surface area (Å²) in [5.41, 5.74) is 4.96. The van der Waals surface area contributed by atoms with Crippen LogP contribution in [0.25, 0.3) is 11.0 Å². The number of hydrogen-bond acceptors (Lipinski definition) is 4. The lowest BCUT2D eigenvalue weighted by molar-refractivity contribution is -0.122. The molecule has 0 radical (unpaired) electrons. The van der Waals surface area contributed by atoms with Crippen LogP contribution in [-0.4, -0.2) is 27.1 Å². The van der Waals surface area contributed by atoms with Gasteiger partial charge in [-0.25, -0.2) is 9.37 Å². The van der Waals surface area contributed by atoms with E-state index in [4.69, 9.17) is 0 Å². The lowest BCUT2D eigenvalue weighted by Crippen LogP contribution is -2.43. The van der Waals surface area contributed by atoms with Crippen molar-refractivity contribution in [2.24, 2.45) is 0 Å². The Bertz CT molecular complexity index is 993. The highest BCUT2D eigenvalue weighted by molar-refractivity contribution is 7.99. The van der Waals surface area contributed by atoms with Gasteiger partial charge in [-0.05, 0) is 36.0 Å². The molecule has 0 spiro atoms. The van der Waals surface area contributed by atoms with Gasteiger partial charge in [0.15, 0.2) is 5.16 Å². The Morgan fingerprint density at radius 3 is 2.52 bits per heavy atom. The van der Waals surface area contributed by atoms with Crippen LogP contribution in [0, 0.1) is 5.82 Å². The number of carbonyl (C=O) groups excluding carboxylic acids is 2. The maximum atomic E-state index is 13.6. The van der Waals surface area contributed by atoms with Crippen LogP contribution in [0.5, 0.6) is 0 Å². The van der Waals surface area contributed by atoms with E-state index in [0.717, 1.165) is 6.07 Å². The van der Waals surface area contributed by atoms with Crippen LogP contribution in [0.4, 0.5) is 13.2 Å². The minimum Gasteiger partial charge on any atom is -0.309 e. The van der Waals surface area contributed by atoms with Gasteiger partial charge >= 0.3 is 0 Å². The van der Waals surface area contributed by atoms with E-state index in [1.54, 1.807) is 24.3 Å². The Balaban J connectivity index is 1.72. The van der Waals surface area contributed by atoms with Crippen LogP contribution in [-0.2, 0) is 11.3 Å². The number of thioether (sulfide) groups is 1. The van der Waals surface area contributed by atoms with Crippen LogP contribution >= 0.6 is 11.8 Å². The van der Waals surface area contributed by atoms with Gasteiger partial charge in [0.25, 0.3) is 17.6 Å². The zero-order valence-corrected chi connectivity index (χ0v) is 14.5. The van der Waals surface area contributed by atoms with Gasteiger partial charge in [0, 0.05) is 0 Å². The summed E-state index contributed by atoms with van der Waals surface area (Å²) in [7, 11) is 0. The lowest BCUT2D eigenvalue weighted by Gasteiger charge is -2.10. The average Bonchev–Trinajstić information content (AvgIpc) is 2.96. The van der Waals surface area contributed by atoms with Crippen molar-refractivity contribution >= 4 is 34.6 Å². The second kappa shape index (κ2) is 8.12. The molecule has 2 amide bonds. The Kier molecular flexibility index (Phi) is 5.65. The van der Waals surface area contributed by atoms with Crippen LogP contribution in [0.15, 0.2) is 53.7 Å². The first kappa shape index (κ1) is 18.8. The molecule has 140 valence electrons. The van der Waals surface area contributed by atoms with Crippen LogP contribution in [0.3, 0.4) is 0 Å². The van der Waals surface area contributed by atoms with Crippen molar-refractivity contribution in [3.63, 3.8) is 0 Å². The highest BCUT2D eigenvalue weighted by Crippen LogP contribution is 2.28. The number of para-hydroxylation sites is 2. The first-order chi connectivity index (χ1) is 13.0. The Hall–Kier alpha value is -3.01. The number of alkyl halides is 2. The van der Waals surface area contributed by atoms with Crippen LogP contribution < -0.4 is 10.9 Å². The number of amides is 2. The van der Waals surface area contributed by atoms with Crippen molar-refractivity contribution in [1.29, 1.82) is 0 Å². The molecular weight excluding hydrogens is 381 g/mol. The van der Waals surface area contributed by atoms with E-state index in [1.165, 1.54) is 22.8 Å². The number of nitrogens with one attached hydrogen (secondary N) is 2. The molecule has 2 N–H and O–H groups in total. The third-order valence-corrected chi connectivity index (χ3v) is 4.25. The Morgan fingerprint density at radius 2 is 1.78 bits per heavy atom. The summed E-state index contributed by atoms with van der Waals surface area (Å²) in [5.74, 6) is -4.96. The molecule has 0 aliphatic heterocycles. The number of hydrogen-bond donors (Lipinski definition) is 2. The number of rotatable bonds is 5. The standard InChI is InChI=1S/C17H13F3N4O2S/c18-11-6-2-1-5-10(11)15(26)23-22-14(25)9-24-13-8-4-3-7-12(13)21-17(24)27-16(19)20/h1-8,16H,9H2,(H,22,25)(H,23,26). The first-order valence-corrected chi connectivity index (χ1v) is 8.57. The number of carbonyl (C=O) groups is 2. The molecule has 1 aromatic heterocycles. The van der Waals surface area contributed by atoms with Gasteiger partial charge in [-0.1, -0.05) is 24.3 Å². The third-order valence-electron chi connectivity index (χ3n) is 3.55. The van der Waals surface area contributed by atoms with E-state index in [-0.39, 0.29) is 29.0 Å². The summed E-state index contributed by atoms with van der Waals surface area (Å²) in [5, 5.41) is -0.0261. The Labute approximate surface area is 155 Å². The van der Waals surface area contributed by atoms with E-state index in [0.29, 0.717) is 11.0 Å². The zero-order chi connectivity index (χ0) is 19.4. The molecule has 3 aromatic rings. The topological polar surface area (TPSA) is 76.0 Å². The molecule has 0 aliphatic rings. The fourth-order valence-corrected chi connectivity index (χ4v) is 3.00. The first-order valence-electron chi connectivity index (χ1n) is 7.69. The molecule has 10 heteroatoms. The minimum atomic E-state index is -2.70. The van der Waals surface area contributed by atoms with Crippen molar-refractivity contribution in [1.82, 2.24) is 20.4 Å². The fraction of sp³-hybridized carbons (Fsp3) is 0.118. The molecule has 3 rings (SSSR count). The molecule has 0 unspecified atom stereocenters. The van der Waals surface area contributed by atoms with Gasteiger partial charge in [-0.15, -0.1) is 0 Å². The normalized spacial score (nSPS) is 11.0. The molecule has 0 bridgehead atoms. The number of hydrazine groups is 1. The number of benzene rings is 2. The summed E-state index contributed by atoms with van der Waals surface area (Å²) < 4.78 is 40.4. The van der Waals surface area contributed by atoms with Crippen LogP contribution in [0.1, 0.15) is 10.4 Å². The van der Waals surface area contributed by atoms with Gasteiger partial charge in [0.05, 0.1) is 16.6 Å². The van der Waals surface area contributed by atoms with Crippen LogP contribution in [0.2, 0.25) is 0 Å². The summed E-state index contributed by atoms with van der Waals surface area (Å²) in [6, 6.07) is 11.9. The molecule has 1 heterocycles. The maximum Gasteiger partial charge on any atom is 0.291 e. The summed E-state index contributed by atoms with van der Waals surface area (Å²) in [6.07, 6.45) is 0. The summed E-state index contributed by atoms with van der Waals surface area (Å²) in [4.78, 5) is 28.1. The largest absolute Gasteiger partial charge is 0.309 e. The van der Waals surface area contributed by atoms with Gasteiger partial charge < -0.3 is 4.57 Å². The predicted octanol–water partition coefficient (Wildman–Crippen LogP) is 2.95. The molecule has 6 nitrogen and oxygen atoms in total. The third kappa shape index (κ3) is 4.40. The highest BCUT2D eigenvalue weighted by atomic mass is 32.2. The van der Waals surface area contributed by atoms with Gasteiger partial charge in [0.1, 0.15) is 12.4 Å². The smallest absolute Gasteiger partial charge is 0.291 e. The summed E-state index contributed by atoms with van der Waals surface area (Å²) >= 11 is 0.218. The van der Waals surface area contributed by atoms with Crippen molar-refractivity contribution in [3.05, 3.63) is 59.9 Å². The van der Waals surface area contributed by atoms with Crippen molar-refractivity contribution in [2.75, 3.05) is 0 Å². The van der Waals surface area contributed by atoms with Crippen molar-refractivity contribution < 1.29 is 22.8 Å².